The van der Waals surface area contributed by atoms with E-state index in [2.05, 4.69) is 15.2 Å². The van der Waals surface area contributed by atoms with Crippen molar-refractivity contribution in [3.05, 3.63) is 54.9 Å². The van der Waals surface area contributed by atoms with Gasteiger partial charge >= 0.3 is 5.82 Å². The Hall–Kier alpha value is -3.02. The van der Waals surface area contributed by atoms with Gasteiger partial charge in [-0.1, -0.05) is 0 Å². The van der Waals surface area contributed by atoms with Gasteiger partial charge in [-0.05, 0) is 46.2 Å². The Morgan fingerprint density at radius 2 is 2.00 bits per heavy atom. The first kappa shape index (κ1) is 13.0. The molecule has 6 nitrogen and oxygen atoms in total. The summed E-state index contributed by atoms with van der Waals surface area (Å²) in [5.74, 6) is 0.682. The molecule has 0 aliphatic heterocycles. The van der Waals surface area contributed by atoms with Gasteiger partial charge < -0.3 is 9.94 Å². The Balaban J connectivity index is 2.06. The predicted molar refractivity (Wildman–Crippen MR) is 76.7 cm³/mol. The lowest BCUT2D eigenvalue weighted by Gasteiger charge is -2.00. The number of aromatic hydroxyl groups is 1. The van der Waals surface area contributed by atoms with Crippen LogP contribution in [0.5, 0.6) is 5.75 Å². The highest BCUT2D eigenvalue weighted by Gasteiger charge is 2.11. The molecule has 3 rings (SSSR count). The quantitative estimate of drug-likeness (QED) is 0.592. The molecule has 0 atom stereocenters. The lowest BCUT2D eigenvalue weighted by molar-refractivity contribution is -0.875. The molecule has 0 spiro atoms. The third kappa shape index (κ3) is 2.51. The van der Waals surface area contributed by atoms with Crippen molar-refractivity contribution in [3.8, 4) is 5.75 Å². The summed E-state index contributed by atoms with van der Waals surface area (Å²) in [6.07, 6.45) is 3.36. The average Bonchev–Trinajstić information content (AvgIpc) is 2.55. The molecule has 0 saturated carbocycles. The number of phenols is 1. The molecule has 0 aliphatic carbocycles. The molecule has 0 radical (unpaired) electrons. The topological polar surface area (TPSA) is 71.0 Å². The summed E-state index contributed by atoms with van der Waals surface area (Å²) >= 11 is 0. The van der Waals surface area contributed by atoms with Gasteiger partial charge in [0.1, 0.15) is 30.3 Å². The highest BCUT2D eigenvalue weighted by Crippen LogP contribution is 2.31. The van der Waals surface area contributed by atoms with E-state index in [1.165, 1.54) is 4.73 Å². The number of pyridine rings is 2. The Morgan fingerprint density at radius 3 is 2.86 bits per heavy atom. The molecule has 1 N–H and O–H groups in total. The fourth-order valence-electron chi connectivity index (χ4n) is 1.99. The van der Waals surface area contributed by atoms with Gasteiger partial charge in [0.25, 0.3) is 0 Å². The number of phenolic OH excluding ortho intramolecular Hbond substituents is 1. The van der Waals surface area contributed by atoms with Crippen molar-refractivity contribution in [1.82, 2.24) is 4.98 Å². The summed E-state index contributed by atoms with van der Waals surface area (Å²) in [6, 6.07) is 12.4. The van der Waals surface area contributed by atoms with Crippen LogP contribution in [0.15, 0.2) is 65.1 Å². The van der Waals surface area contributed by atoms with Gasteiger partial charge in [0.2, 0.25) is 0 Å². The van der Waals surface area contributed by atoms with Crippen LogP contribution in [0, 0.1) is 0 Å². The first-order valence-corrected chi connectivity index (χ1v) is 6.33. The van der Waals surface area contributed by atoms with Gasteiger partial charge in [-0.25, -0.2) is 0 Å². The SMILES string of the molecule is CO[n+]1ccccc1N=Nc1ccc(O)c2ncccc12. The van der Waals surface area contributed by atoms with Crippen molar-refractivity contribution in [3.63, 3.8) is 0 Å². The summed E-state index contributed by atoms with van der Waals surface area (Å²) in [6.45, 7) is 0. The minimum atomic E-state index is 0.121. The first-order valence-electron chi connectivity index (χ1n) is 6.33. The second-order valence-electron chi connectivity index (χ2n) is 4.27. The number of nitrogens with zero attached hydrogens (tertiary/aromatic N) is 4. The fraction of sp³-hybridized carbons (Fsp3) is 0.0667. The Bertz CT molecular complexity index is 818. The van der Waals surface area contributed by atoms with Crippen LogP contribution in [0.2, 0.25) is 0 Å². The third-order valence-electron chi connectivity index (χ3n) is 2.99. The van der Waals surface area contributed by atoms with Crippen LogP contribution in [0.3, 0.4) is 0 Å². The van der Waals surface area contributed by atoms with Crippen LogP contribution in [0.4, 0.5) is 11.5 Å². The molecule has 0 aliphatic rings. The number of aromatic nitrogens is 2. The van der Waals surface area contributed by atoms with Gasteiger partial charge in [0.05, 0.1) is 5.11 Å². The second-order valence-corrected chi connectivity index (χ2v) is 4.27. The number of azo groups is 1. The first-order chi connectivity index (χ1) is 10.3. The highest BCUT2D eigenvalue weighted by atomic mass is 16.6. The summed E-state index contributed by atoms with van der Waals surface area (Å²) in [7, 11) is 1.55. The van der Waals surface area contributed by atoms with E-state index in [1.54, 1.807) is 43.8 Å². The van der Waals surface area contributed by atoms with Crippen molar-refractivity contribution in [2.45, 2.75) is 0 Å². The van der Waals surface area contributed by atoms with Crippen LogP contribution < -0.4 is 9.57 Å². The second kappa shape index (κ2) is 5.54. The fourth-order valence-corrected chi connectivity index (χ4v) is 1.99. The predicted octanol–water partition coefficient (Wildman–Crippen LogP) is 2.70. The zero-order valence-electron chi connectivity index (χ0n) is 11.3. The van der Waals surface area contributed by atoms with Crippen molar-refractivity contribution in [1.29, 1.82) is 0 Å². The maximum Gasteiger partial charge on any atom is 0.388 e. The van der Waals surface area contributed by atoms with Gasteiger partial charge in [-0.2, -0.15) is 0 Å². The lowest BCUT2D eigenvalue weighted by Crippen LogP contribution is -2.39. The number of rotatable bonds is 3. The van der Waals surface area contributed by atoms with E-state index in [9.17, 15) is 5.11 Å². The number of hydrogen-bond donors (Lipinski definition) is 1. The molecule has 0 unspecified atom stereocenters. The van der Waals surface area contributed by atoms with Gasteiger partial charge in [-0.3, -0.25) is 4.98 Å². The largest absolute Gasteiger partial charge is 0.506 e. The minimum absolute atomic E-state index is 0.121. The molecule has 0 amide bonds. The van der Waals surface area contributed by atoms with Gasteiger partial charge in [-0.15, -0.1) is 0 Å². The molecule has 104 valence electrons. The molecule has 2 aromatic heterocycles. The molecule has 0 bridgehead atoms. The van der Waals surface area contributed by atoms with E-state index in [0.29, 0.717) is 17.0 Å². The minimum Gasteiger partial charge on any atom is -0.506 e. The maximum absolute atomic E-state index is 9.80. The van der Waals surface area contributed by atoms with Crippen LogP contribution >= 0.6 is 0 Å². The Morgan fingerprint density at radius 1 is 1.10 bits per heavy atom. The Labute approximate surface area is 120 Å². The van der Waals surface area contributed by atoms with Crippen LogP contribution in [-0.4, -0.2) is 17.2 Å². The van der Waals surface area contributed by atoms with Crippen LogP contribution in [-0.2, 0) is 0 Å². The molecule has 1 aromatic carbocycles. The van der Waals surface area contributed by atoms with Gasteiger partial charge in [0.15, 0.2) is 0 Å². The van der Waals surface area contributed by atoms with E-state index in [4.69, 9.17) is 4.84 Å². The summed E-state index contributed by atoms with van der Waals surface area (Å²) in [4.78, 5) is 9.30. The highest BCUT2D eigenvalue weighted by molar-refractivity contribution is 5.93. The molecule has 2 heterocycles. The third-order valence-corrected chi connectivity index (χ3v) is 2.99. The number of fused-ring (bicyclic) bond motifs is 1. The smallest absolute Gasteiger partial charge is 0.388 e. The van der Waals surface area contributed by atoms with Crippen molar-refractivity contribution >= 4 is 22.4 Å². The summed E-state index contributed by atoms with van der Waals surface area (Å²) in [5, 5.41) is 18.9. The van der Waals surface area contributed by atoms with Crippen LogP contribution in [0.1, 0.15) is 0 Å². The molecule has 0 fully saturated rings. The number of benzene rings is 1. The Kier molecular flexibility index (Phi) is 3.42. The zero-order valence-corrected chi connectivity index (χ0v) is 11.3. The van der Waals surface area contributed by atoms with Crippen molar-refractivity contribution in [2.75, 3.05) is 7.11 Å². The van der Waals surface area contributed by atoms with Crippen LogP contribution in [0.25, 0.3) is 10.9 Å². The van der Waals surface area contributed by atoms with Crippen molar-refractivity contribution < 1.29 is 14.7 Å². The normalized spacial score (nSPS) is 11.1. The van der Waals surface area contributed by atoms with Crippen molar-refractivity contribution in [2.24, 2.45) is 10.2 Å². The molecule has 3 aromatic rings. The molecular weight excluding hydrogens is 268 g/mol. The van der Waals surface area contributed by atoms with E-state index in [1.807, 2.05) is 18.2 Å². The number of hydrogen-bond acceptors (Lipinski definition) is 5. The molecule has 21 heavy (non-hydrogen) atoms. The molecular formula is C15H13N4O2+. The van der Waals surface area contributed by atoms with E-state index in [-0.39, 0.29) is 5.75 Å². The van der Waals surface area contributed by atoms with E-state index >= 15 is 0 Å². The van der Waals surface area contributed by atoms with E-state index in [0.717, 1.165) is 5.39 Å². The molecule has 0 saturated heterocycles. The zero-order chi connectivity index (χ0) is 14.7. The average molecular weight is 281 g/mol. The molecule has 6 heteroatoms. The lowest BCUT2D eigenvalue weighted by atomic mass is 10.2. The summed E-state index contributed by atoms with van der Waals surface area (Å²) in [5.41, 5.74) is 1.13. The summed E-state index contributed by atoms with van der Waals surface area (Å²) < 4.78 is 1.50. The standard InChI is InChI=1S/C15H12N4O2/c1-21-19-10-3-2-6-14(19)18-17-12-7-8-13(20)15-11(12)5-4-9-16-15/h2-10H,1H3/p+1. The van der Waals surface area contributed by atoms with Gasteiger partial charge in [0, 0.05) is 17.6 Å². The maximum atomic E-state index is 9.80. The van der Waals surface area contributed by atoms with E-state index < -0.39 is 0 Å². The monoisotopic (exact) mass is 281 g/mol.